The molecule has 0 saturated carbocycles. The summed E-state index contributed by atoms with van der Waals surface area (Å²) in [6, 6.07) is 38.1. The Hall–Kier alpha value is -5.37. The number of allylic oxidation sites excluding steroid dienone is 5. The summed E-state index contributed by atoms with van der Waals surface area (Å²) in [7, 11) is 0. The van der Waals surface area contributed by atoms with E-state index in [1.54, 1.807) is 0 Å². The third-order valence-electron chi connectivity index (χ3n) is 10.5. The predicted molar refractivity (Wildman–Crippen MR) is 197 cm³/mol. The lowest BCUT2D eigenvalue weighted by atomic mass is 9.90. The van der Waals surface area contributed by atoms with Crippen LogP contribution in [0.1, 0.15) is 47.3 Å². The second kappa shape index (κ2) is 10.3. The Bertz CT molecular complexity index is 2570. The molecular formula is C43H31N3S. The molecule has 0 unspecified atom stereocenters. The summed E-state index contributed by atoms with van der Waals surface area (Å²) in [6.45, 7) is 0. The quantitative estimate of drug-likeness (QED) is 0.193. The van der Waals surface area contributed by atoms with Gasteiger partial charge in [0, 0.05) is 59.8 Å². The summed E-state index contributed by atoms with van der Waals surface area (Å²) in [5.74, 6) is 0. The summed E-state index contributed by atoms with van der Waals surface area (Å²) in [6.07, 6.45) is 12.5. The van der Waals surface area contributed by atoms with Gasteiger partial charge in [-0.3, -0.25) is 0 Å². The van der Waals surface area contributed by atoms with Crippen molar-refractivity contribution < 1.29 is 0 Å². The third kappa shape index (κ3) is 3.90. The average molecular weight is 622 g/mol. The SMILES string of the molecule is N#CC1=CC(c2ccc3c4c(n(-c5ccccc5)c3c2)CCc2c-4sc3ccccc23)=C(n2c3c(c4ccccc42)CCC=C3)CC1. The Labute approximate surface area is 277 Å². The van der Waals surface area contributed by atoms with Crippen LogP contribution in [0.15, 0.2) is 115 Å². The molecule has 0 spiro atoms. The Kier molecular flexibility index (Phi) is 5.89. The van der Waals surface area contributed by atoms with Crippen LogP contribution in [-0.4, -0.2) is 9.13 Å². The van der Waals surface area contributed by atoms with E-state index in [9.17, 15) is 5.26 Å². The molecule has 0 saturated heterocycles. The smallest absolute Gasteiger partial charge is 0.0947 e. The number of nitriles is 1. The maximum Gasteiger partial charge on any atom is 0.0947 e. The normalized spacial score (nSPS) is 15.5. The molecular weight excluding hydrogens is 591 g/mol. The summed E-state index contributed by atoms with van der Waals surface area (Å²) in [5, 5.41) is 14.1. The molecule has 3 aliphatic carbocycles. The van der Waals surface area contributed by atoms with Crippen molar-refractivity contribution in [3.63, 3.8) is 0 Å². The maximum absolute atomic E-state index is 10.1. The van der Waals surface area contributed by atoms with Crippen LogP contribution in [0.5, 0.6) is 0 Å². The van der Waals surface area contributed by atoms with Crippen LogP contribution in [0, 0.1) is 11.3 Å². The molecule has 10 rings (SSSR count). The monoisotopic (exact) mass is 621 g/mol. The van der Waals surface area contributed by atoms with Gasteiger partial charge in [-0.05, 0) is 103 Å². The average Bonchev–Trinajstić information content (AvgIpc) is 3.79. The standard InChI is InChI=1S/C43H31N3S/c44-26-27-18-22-38(46-36-15-7-4-12-30(36)31-13-5-8-16-37(31)46)35(24-27)28-19-20-34-40(25-28)45(29-10-2-1-3-11-29)39-23-21-33-32-14-6-9-17-41(32)47-43(33)42(34)39/h1-4,6-12,14-17,19-20,24-25H,5,13,18,21-23H2. The highest BCUT2D eigenvalue weighted by Crippen LogP contribution is 2.49. The van der Waals surface area contributed by atoms with Crippen molar-refractivity contribution >= 4 is 60.6 Å². The first kappa shape index (κ1) is 26.8. The van der Waals surface area contributed by atoms with Gasteiger partial charge in [-0.15, -0.1) is 11.3 Å². The van der Waals surface area contributed by atoms with Gasteiger partial charge in [0.05, 0.1) is 17.1 Å². The van der Waals surface area contributed by atoms with Gasteiger partial charge < -0.3 is 9.13 Å². The number of para-hydroxylation sites is 2. The third-order valence-corrected chi connectivity index (χ3v) is 11.7. The van der Waals surface area contributed by atoms with Crippen molar-refractivity contribution in [2.75, 3.05) is 0 Å². The number of aromatic nitrogens is 2. The molecule has 0 atom stereocenters. The number of aryl methyl sites for hydroxylation is 2. The minimum Gasteiger partial charge on any atom is -0.313 e. The van der Waals surface area contributed by atoms with Gasteiger partial charge in [0.2, 0.25) is 0 Å². The molecule has 0 amide bonds. The number of hydrogen-bond donors (Lipinski definition) is 0. The fourth-order valence-corrected chi connectivity index (χ4v) is 9.76. The first-order valence-electron chi connectivity index (χ1n) is 16.7. The van der Waals surface area contributed by atoms with Crippen LogP contribution in [0.4, 0.5) is 0 Å². The summed E-state index contributed by atoms with van der Waals surface area (Å²) >= 11 is 1.94. The molecule has 0 N–H and O–H groups in total. The van der Waals surface area contributed by atoms with Gasteiger partial charge in [0.25, 0.3) is 0 Å². The van der Waals surface area contributed by atoms with Gasteiger partial charge >= 0.3 is 0 Å². The van der Waals surface area contributed by atoms with Gasteiger partial charge in [-0.2, -0.15) is 5.26 Å². The lowest BCUT2D eigenvalue weighted by molar-refractivity contribution is 0.874. The number of benzene rings is 4. The molecule has 3 nitrogen and oxygen atoms in total. The van der Waals surface area contributed by atoms with Crippen LogP contribution in [0.25, 0.3) is 65.4 Å². The van der Waals surface area contributed by atoms with Crippen molar-refractivity contribution in [1.82, 2.24) is 9.13 Å². The van der Waals surface area contributed by atoms with Crippen molar-refractivity contribution in [2.45, 2.75) is 38.5 Å². The number of rotatable bonds is 3. The fourth-order valence-electron chi connectivity index (χ4n) is 8.43. The molecule has 3 aromatic heterocycles. The van der Waals surface area contributed by atoms with E-state index in [1.807, 2.05) is 11.3 Å². The Balaban J connectivity index is 1.27. The second-order valence-electron chi connectivity index (χ2n) is 12.9. The topological polar surface area (TPSA) is 33.6 Å². The van der Waals surface area contributed by atoms with E-state index in [2.05, 4.69) is 130 Å². The number of hydrogen-bond acceptors (Lipinski definition) is 2. The minimum atomic E-state index is 0.756. The highest BCUT2D eigenvalue weighted by atomic mass is 32.1. The van der Waals surface area contributed by atoms with E-state index >= 15 is 0 Å². The van der Waals surface area contributed by atoms with Crippen LogP contribution in [0.2, 0.25) is 0 Å². The van der Waals surface area contributed by atoms with Gasteiger partial charge in [0.15, 0.2) is 0 Å². The predicted octanol–water partition coefficient (Wildman–Crippen LogP) is 11.1. The van der Waals surface area contributed by atoms with E-state index in [0.29, 0.717) is 0 Å². The van der Waals surface area contributed by atoms with Crippen molar-refractivity contribution in [1.29, 1.82) is 5.26 Å². The number of nitrogens with zero attached hydrogens (tertiary/aromatic N) is 3. The Morgan fingerprint density at radius 2 is 1.51 bits per heavy atom. The van der Waals surface area contributed by atoms with Crippen LogP contribution < -0.4 is 0 Å². The highest BCUT2D eigenvalue weighted by molar-refractivity contribution is 7.22. The van der Waals surface area contributed by atoms with Crippen molar-refractivity contribution in [3.05, 3.63) is 143 Å². The molecule has 224 valence electrons. The summed E-state index contributed by atoms with van der Waals surface area (Å²) < 4.78 is 6.37. The van der Waals surface area contributed by atoms with Crippen LogP contribution >= 0.6 is 11.3 Å². The van der Waals surface area contributed by atoms with Gasteiger partial charge in [0.1, 0.15) is 0 Å². The van der Waals surface area contributed by atoms with E-state index in [0.717, 1.165) is 55.2 Å². The van der Waals surface area contributed by atoms with E-state index in [4.69, 9.17) is 0 Å². The Morgan fingerprint density at radius 1 is 0.681 bits per heavy atom. The van der Waals surface area contributed by atoms with Gasteiger partial charge in [-0.25, -0.2) is 0 Å². The molecule has 3 heterocycles. The first-order valence-corrected chi connectivity index (χ1v) is 17.5. The zero-order chi connectivity index (χ0) is 31.1. The van der Waals surface area contributed by atoms with E-state index in [1.165, 1.54) is 76.2 Å². The molecule has 4 heteroatoms. The van der Waals surface area contributed by atoms with Crippen LogP contribution in [-0.2, 0) is 19.3 Å². The highest BCUT2D eigenvalue weighted by Gasteiger charge is 2.29. The first-order chi connectivity index (χ1) is 23.3. The number of fused-ring (bicyclic) bond motifs is 10. The lowest BCUT2D eigenvalue weighted by Crippen LogP contribution is -2.08. The van der Waals surface area contributed by atoms with E-state index < -0.39 is 0 Å². The zero-order valence-corrected chi connectivity index (χ0v) is 26.8. The fraction of sp³-hybridized carbons (Fsp3) is 0.140. The molecule has 3 aliphatic rings. The zero-order valence-electron chi connectivity index (χ0n) is 26.0. The number of thiophene rings is 1. The van der Waals surface area contributed by atoms with Crippen molar-refractivity contribution in [3.8, 4) is 22.2 Å². The molecule has 47 heavy (non-hydrogen) atoms. The van der Waals surface area contributed by atoms with Crippen LogP contribution in [0.3, 0.4) is 0 Å². The maximum atomic E-state index is 10.1. The lowest BCUT2D eigenvalue weighted by Gasteiger charge is -2.23. The molecule has 0 fully saturated rings. The summed E-state index contributed by atoms with van der Waals surface area (Å²) in [4.78, 5) is 1.42. The second-order valence-corrected chi connectivity index (χ2v) is 14.0. The molecule has 0 radical (unpaired) electrons. The molecule has 0 aliphatic heterocycles. The largest absolute Gasteiger partial charge is 0.313 e. The summed E-state index contributed by atoms with van der Waals surface area (Å²) in [5.41, 5.74) is 15.1. The molecule has 7 aromatic rings. The van der Waals surface area contributed by atoms with E-state index in [-0.39, 0.29) is 0 Å². The molecule has 4 aromatic carbocycles. The van der Waals surface area contributed by atoms with Gasteiger partial charge in [-0.1, -0.05) is 72.8 Å². The molecule has 0 bridgehead atoms. The minimum absolute atomic E-state index is 0.756. The Morgan fingerprint density at radius 3 is 2.40 bits per heavy atom. The van der Waals surface area contributed by atoms with Crippen molar-refractivity contribution in [2.24, 2.45) is 0 Å².